The molecule has 0 N–H and O–H groups in total. The Morgan fingerprint density at radius 2 is 1.96 bits per heavy atom. The molecular weight excluding hydrogens is 334 g/mol. The number of hydrogen-bond acceptors (Lipinski definition) is 7. The molecule has 0 spiro atoms. The fraction of sp³-hybridized carbons (Fsp3) is 0.467. The molecule has 1 fully saturated rings. The number of anilines is 2. The standard InChI is InChI=1S/C15H18F2N6O2/c1-25-13-2-3-18-15(20-13)22-6-4-21(5-7-22)11-8-14(24)23(19-9-11)10-12(16)17/h2-3,8-9,12H,4-7,10H2,1H3. The van der Waals surface area contributed by atoms with Crippen molar-refractivity contribution < 1.29 is 13.5 Å². The van der Waals surface area contributed by atoms with Gasteiger partial charge in [-0.3, -0.25) is 4.79 Å². The van der Waals surface area contributed by atoms with E-state index in [1.165, 1.54) is 12.3 Å². The summed E-state index contributed by atoms with van der Waals surface area (Å²) in [5.74, 6) is 1.09. The molecule has 1 aliphatic heterocycles. The van der Waals surface area contributed by atoms with Crippen LogP contribution in [0, 0.1) is 0 Å². The van der Waals surface area contributed by atoms with E-state index in [1.54, 1.807) is 19.4 Å². The Morgan fingerprint density at radius 1 is 1.24 bits per heavy atom. The van der Waals surface area contributed by atoms with Crippen LogP contribution in [0.25, 0.3) is 0 Å². The maximum Gasteiger partial charge on any atom is 0.269 e. The van der Waals surface area contributed by atoms with Crippen molar-refractivity contribution in [2.75, 3.05) is 43.1 Å². The molecule has 0 saturated carbocycles. The van der Waals surface area contributed by atoms with Crippen molar-refractivity contribution in [3.63, 3.8) is 0 Å². The van der Waals surface area contributed by atoms with Crippen LogP contribution in [-0.4, -0.2) is 59.5 Å². The number of halogens is 2. The Labute approximate surface area is 142 Å². The van der Waals surface area contributed by atoms with E-state index in [0.717, 1.165) is 4.68 Å². The lowest BCUT2D eigenvalue weighted by Crippen LogP contribution is -2.47. The van der Waals surface area contributed by atoms with Gasteiger partial charge in [0.25, 0.3) is 12.0 Å². The zero-order valence-electron chi connectivity index (χ0n) is 13.7. The average Bonchev–Trinajstić information content (AvgIpc) is 2.63. The van der Waals surface area contributed by atoms with Crippen molar-refractivity contribution in [2.24, 2.45) is 0 Å². The molecule has 8 nitrogen and oxygen atoms in total. The van der Waals surface area contributed by atoms with Crippen molar-refractivity contribution in [1.29, 1.82) is 0 Å². The number of alkyl halides is 2. The second-order valence-corrected chi connectivity index (χ2v) is 5.50. The maximum atomic E-state index is 12.4. The summed E-state index contributed by atoms with van der Waals surface area (Å²) in [5, 5.41) is 3.82. The van der Waals surface area contributed by atoms with Gasteiger partial charge in [0.05, 0.1) is 19.0 Å². The second kappa shape index (κ2) is 7.41. The SMILES string of the molecule is COc1ccnc(N2CCN(c3cnn(CC(F)F)c(=O)c3)CC2)n1. The number of methoxy groups -OCH3 is 1. The molecule has 0 unspecified atom stereocenters. The van der Waals surface area contributed by atoms with Crippen LogP contribution in [0.5, 0.6) is 5.88 Å². The van der Waals surface area contributed by atoms with Crippen molar-refractivity contribution in [2.45, 2.75) is 13.0 Å². The average molecular weight is 352 g/mol. The van der Waals surface area contributed by atoms with Crippen molar-refractivity contribution in [3.05, 3.63) is 34.9 Å². The first kappa shape index (κ1) is 17.1. The Morgan fingerprint density at radius 3 is 2.60 bits per heavy atom. The fourth-order valence-electron chi connectivity index (χ4n) is 2.63. The van der Waals surface area contributed by atoms with Gasteiger partial charge in [0, 0.05) is 44.5 Å². The molecule has 25 heavy (non-hydrogen) atoms. The first-order valence-electron chi connectivity index (χ1n) is 7.79. The molecule has 3 heterocycles. The molecular formula is C15H18F2N6O2. The van der Waals surface area contributed by atoms with Gasteiger partial charge in [-0.05, 0) is 0 Å². The molecule has 1 aliphatic rings. The highest BCUT2D eigenvalue weighted by molar-refractivity contribution is 5.46. The van der Waals surface area contributed by atoms with Gasteiger partial charge in [-0.1, -0.05) is 0 Å². The lowest BCUT2D eigenvalue weighted by Gasteiger charge is -2.35. The molecule has 0 aliphatic carbocycles. The maximum absolute atomic E-state index is 12.4. The summed E-state index contributed by atoms with van der Waals surface area (Å²) < 4.78 is 30.6. The predicted octanol–water partition coefficient (Wildman–Crippen LogP) is 0.634. The highest BCUT2D eigenvalue weighted by Gasteiger charge is 2.20. The zero-order valence-corrected chi connectivity index (χ0v) is 13.7. The van der Waals surface area contributed by atoms with E-state index in [9.17, 15) is 13.6 Å². The summed E-state index contributed by atoms with van der Waals surface area (Å²) in [5.41, 5.74) is 0.0954. The molecule has 134 valence electrons. The molecule has 0 aromatic carbocycles. The van der Waals surface area contributed by atoms with E-state index < -0.39 is 18.5 Å². The quantitative estimate of drug-likeness (QED) is 0.781. The largest absolute Gasteiger partial charge is 0.481 e. The number of aromatic nitrogens is 4. The molecule has 2 aromatic rings. The number of piperazine rings is 1. The minimum atomic E-state index is -2.61. The summed E-state index contributed by atoms with van der Waals surface area (Å²) in [6.07, 6.45) is 0.476. The van der Waals surface area contributed by atoms with Crippen LogP contribution >= 0.6 is 0 Å². The summed E-state index contributed by atoms with van der Waals surface area (Å²) in [7, 11) is 1.55. The normalized spacial score (nSPS) is 14.9. The summed E-state index contributed by atoms with van der Waals surface area (Å²) >= 11 is 0. The van der Waals surface area contributed by atoms with Gasteiger partial charge in [0.15, 0.2) is 0 Å². The van der Waals surface area contributed by atoms with Gasteiger partial charge >= 0.3 is 0 Å². The Kier molecular flexibility index (Phi) is 5.05. The first-order chi connectivity index (χ1) is 12.1. The lowest BCUT2D eigenvalue weighted by atomic mass is 10.3. The number of ether oxygens (including phenoxy) is 1. The second-order valence-electron chi connectivity index (χ2n) is 5.50. The fourth-order valence-corrected chi connectivity index (χ4v) is 2.63. The van der Waals surface area contributed by atoms with Crippen LogP contribution in [0.4, 0.5) is 20.4 Å². The smallest absolute Gasteiger partial charge is 0.269 e. The van der Waals surface area contributed by atoms with Gasteiger partial charge in [-0.25, -0.2) is 18.4 Å². The Hall–Kier alpha value is -2.78. The lowest BCUT2D eigenvalue weighted by molar-refractivity contribution is 0.119. The molecule has 0 atom stereocenters. The third-order valence-electron chi connectivity index (χ3n) is 3.92. The van der Waals surface area contributed by atoms with E-state index in [-0.39, 0.29) is 0 Å². The highest BCUT2D eigenvalue weighted by atomic mass is 19.3. The number of rotatable bonds is 5. The third-order valence-corrected chi connectivity index (χ3v) is 3.92. The van der Waals surface area contributed by atoms with Crippen LogP contribution < -0.4 is 20.1 Å². The molecule has 0 amide bonds. The Balaban J connectivity index is 1.66. The van der Waals surface area contributed by atoms with Crippen LogP contribution in [0.1, 0.15) is 0 Å². The van der Waals surface area contributed by atoms with Crippen molar-refractivity contribution in [3.8, 4) is 5.88 Å². The van der Waals surface area contributed by atoms with Crippen LogP contribution in [-0.2, 0) is 6.54 Å². The van der Waals surface area contributed by atoms with Crippen LogP contribution in [0.3, 0.4) is 0 Å². The van der Waals surface area contributed by atoms with Crippen molar-refractivity contribution in [1.82, 2.24) is 19.7 Å². The van der Waals surface area contributed by atoms with E-state index in [1.807, 2.05) is 9.80 Å². The number of nitrogens with zero attached hydrogens (tertiary/aromatic N) is 6. The molecule has 2 aromatic heterocycles. The molecule has 3 rings (SSSR count). The predicted molar refractivity (Wildman–Crippen MR) is 87.5 cm³/mol. The minimum Gasteiger partial charge on any atom is -0.481 e. The molecule has 0 radical (unpaired) electrons. The van der Waals surface area contributed by atoms with Crippen LogP contribution in [0.2, 0.25) is 0 Å². The van der Waals surface area contributed by atoms with E-state index in [4.69, 9.17) is 4.74 Å². The van der Waals surface area contributed by atoms with E-state index >= 15 is 0 Å². The Bertz CT molecular complexity index is 777. The minimum absolute atomic E-state index is 0.499. The van der Waals surface area contributed by atoms with E-state index in [0.29, 0.717) is 43.7 Å². The topological polar surface area (TPSA) is 76.4 Å². The van der Waals surface area contributed by atoms with Gasteiger partial charge < -0.3 is 14.5 Å². The summed E-state index contributed by atoms with van der Waals surface area (Å²) in [4.78, 5) is 24.4. The van der Waals surface area contributed by atoms with Crippen molar-refractivity contribution >= 4 is 11.6 Å². The molecule has 0 bridgehead atoms. The third kappa shape index (κ3) is 4.01. The van der Waals surface area contributed by atoms with Gasteiger partial charge in [0.1, 0.15) is 6.54 Å². The molecule has 1 saturated heterocycles. The van der Waals surface area contributed by atoms with E-state index in [2.05, 4.69) is 15.1 Å². The van der Waals surface area contributed by atoms with Gasteiger partial charge in [-0.15, -0.1) is 0 Å². The van der Waals surface area contributed by atoms with Gasteiger partial charge in [-0.2, -0.15) is 10.1 Å². The summed E-state index contributed by atoms with van der Waals surface area (Å²) in [6.45, 7) is 1.90. The monoisotopic (exact) mass is 352 g/mol. The highest BCUT2D eigenvalue weighted by Crippen LogP contribution is 2.17. The van der Waals surface area contributed by atoms with Gasteiger partial charge in [0.2, 0.25) is 11.8 Å². The zero-order chi connectivity index (χ0) is 17.8. The molecule has 10 heteroatoms. The number of hydrogen-bond donors (Lipinski definition) is 0. The first-order valence-corrected chi connectivity index (χ1v) is 7.79. The summed E-state index contributed by atoms with van der Waals surface area (Å²) in [6, 6.07) is 3.02. The van der Waals surface area contributed by atoms with Crippen LogP contribution in [0.15, 0.2) is 29.3 Å².